The van der Waals surface area contributed by atoms with Crippen LogP contribution in [0.25, 0.3) is 0 Å². The van der Waals surface area contributed by atoms with Gasteiger partial charge < -0.3 is 11.1 Å². The fourth-order valence-electron chi connectivity index (χ4n) is 1.59. The molecule has 2 aromatic rings. The number of carbonyl (C=O) groups is 1. The molecule has 0 saturated carbocycles. The van der Waals surface area contributed by atoms with Gasteiger partial charge in [0.15, 0.2) is 0 Å². The Morgan fingerprint density at radius 3 is 2.50 bits per heavy atom. The van der Waals surface area contributed by atoms with Crippen molar-refractivity contribution in [1.29, 1.82) is 5.26 Å². The molecule has 0 fully saturated rings. The zero-order valence-electron chi connectivity index (χ0n) is 10.2. The number of nitrogens with one attached hydrogen (secondary N) is 1. The Balaban J connectivity index is 2.26. The van der Waals surface area contributed by atoms with Crippen LogP contribution in [-0.4, -0.2) is 5.91 Å². The van der Waals surface area contributed by atoms with Crippen molar-refractivity contribution in [2.24, 2.45) is 0 Å². The van der Waals surface area contributed by atoms with Crippen LogP contribution in [0.1, 0.15) is 15.9 Å². The van der Waals surface area contributed by atoms with Crippen LogP contribution >= 0.6 is 23.2 Å². The highest BCUT2D eigenvalue weighted by atomic mass is 35.5. The summed E-state index contributed by atoms with van der Waals surface area (Å²) >= 11 is 11.9. The minimum atomic E-state index is -0.401. The average molecular weight is 306 g/mol. The summed E-state index contributed by atoms with van der Waals surface area (Å²) in [6, 6.07) is 11.2. The topological polar surface area (TPSA) is 78.9 Å². The van der Waals surface area contributed by atoms with Crippen LogP contribution < -0.4 is 11.1 Å². The molecule has 100 valence electrons. The fraction of sp³-hybridized carbons (Fsp3) is 0. The molecule has 0 radical (unpaired) electrons. The quantitative estimate of drug-likeness (QED) is 0.830. The molecule has 0 atom stereocenters. The number of nitrogens with two attached hydrogens (primary N) is 1. The summed E-state index contributed by atoms with van der Waals surface area (Å²) in [5.41, 5.74) is 7.16. The van der Waals surface area contributed by atoms with Gasteiger partial charge in [0.25, 0.3) is 5.91 Å². The zero-order valence-corrected chi connectivity index (χ0v) is 11.7. The van der Waals surface area contributed by atoms with E-state index in [1.54, 1.807) is 18.2 Å². The minimum Gasteiger partial charge on any atom is -0.399 e. The Kier molecular flexibility index (Phi) is 4.14. The lowest BCUT2D eigenvalue weighted by molar-refractivity contribution is 0.102. The molecule has 0 aliphatic heterocycles. The van der Waals surface area contributed by atoms with Gasteiger partial charge in [-0.2, -0.15) is 5.26 Å². The monoisotopic (exact) mass is 305 g/mol. The number of halogens is 2. The molecule has 3 N–H and O–H groups in total. The number of anilines is 2. The second kappa shape index (κ2) is 5.83. The van der Waals surface area contributed by atoms with E-state index < -0.39 is 5.91 Å². The molecular weight excluding hydrogens is 297 g/mol. The van der Waals surface area contributed by atoms with E-state index in [-0.39, 0.29) is 10.0 Å². The number of hydrogen-bond donors (Lipinski definition) is 2. The van der Waals surface area contributed by atoms with E-state index in [2.05, 4.69) is 5.32 Å². The first-order chi connectivity index (χ1) is 9.51. The minimum absolute atomic E-state index is 0.257. The molecule has 0 saturated heterocycles. The Morgan fingerprint density at radius 2 is 1.90 bits per heavy atom. The molecule has 0 aromatic heterocycles. The molecule has 1 amide bonds. The lowest BCUT2D eigenvalue weighted by Gasteiger charge is -2.09. The van der Waals surface area contributed by atoms with Gasteiger partial charge in [0.05, 0.1) is 32.9 Å². The molecule has 0 aliphatic rings. The summed E-state index contributed by atoms with van der Waals surface area (Å²) in [6.45, 7) is 0. The summed E-state index contributed by atoms with van der Waals surface area (Å²) in [7, 11) is 0. The molecule has 0 unspecified atom stereocenters. The molecular formula is C14H9Cl2N3O. The second-order valence-electron chi connectivity index (χ2n) is 4.00. The van der Waals surface area contributed by atoms with Gasteiger partial charge in [-0.25, -0.2) is 0 Å². The molecule has 20 heavy (non-hydrogen) atoms. The van der Waals surface area contributed by atoms with Crippen LogP contribution in [0, 0.1) is 11.3 Å². The Hall–Kier alpha value is -2.22. The van der Waals surface area contributed by atoms with Crippen LogP contribution in [-0.2, 0) is 0 Å². The predicted molar refractivity (Wildman–Crippen MR) is 80.0 cm³/mol. The summed E-state index contributed by atoms with van der Waals surface area (Å²) < 4.78 is 0. The molecule has 6 heteroatoms. The smallest absolute Gasteiger partial charge is 0.257 e. The van der Waals surface area contributed by atoms with Crippen molar-refractivity contribution < 1.29 is 4.79 Å². The van der Waals surface area contributed by atoms with E-state index in [0.29, 0.717) is 22.5 Å². The first-order valence-corrected chi connectivity index (χ1v) is 6.33. The molecule has 0 aliphatic carbocycles. The zero-order chi connectivity index (χ0) is 14.7. The lowest BCUT2D eigenvalue weighted by Crippen LogP contribution is -2.13. The van der Waals surface area contributed by atoms with Gasteiger partial charge >= 0.3 is 0 Å². The summed E-state index contributed by atoms with van der Waals surface area (Å²) in [5, 5.41) is 11.9. The van der Waals surface area contributed by atoms with Crippen molar-refractivity contribution >= 4 is 40.5 Å². The molecule has 0 bridgehead atoms. The number of rotatable bonds is 2. The van der Waals surface area contributed by atoms with Crippen molar-refractivity contribution in [3.05, 3.63) is 57.6 Å². The predicted octanol–water partition coefficient (Wildman–Crippen LogP) is 3.70. The van der Waals surface area contributed by atoms with Crippen molar-refractivity contribution in [3.63, 3.8) is 0 Å². The summed E-state index contributed by atoms with van der Waals surface area (Å²) in [5.74, 6) is -0.401. The average Bonchev–Trinajstić information content (AvgIpc) is 2.40. The summed E-state index contributed by atoms with van der Waals surface area (Å²) in [6.07, 6.45) is 0. The second-order valence-corrected chi connectivity index (χ2v) is 4.81. The molecule has 4 nitrogen and oxygen atoms in total. The third kappa shape index (κ3) is 3.02. The standard InChI is InChI=1S/C14H9Cl2N3O/c15-11-6-9(18)2-3-10(11)14(20)19-13-4-1-8(7-17)5-12(13)16/h1-6H,18H2,(H,19,20). The number of hydrogen-bond acceptors (Lipinski definition) is 3. The van der Waals surface area contributed by atoms with Gasteiger partial charge in [0.2, 0.25) is 0 Å². The maximum atomic E-state index is 12.1. The van der Waals surface area contributed by atoms with Gasteiger partial charge in [-0.05, 0) is 36.4 Å². The van der Waals surface area contributed by atoms with E-state index in [4.69, 9.17) is 34.2 Å². The highest BCUT2D eigenvalue weighted by Gasteiger charge is 2.12. The molecule has 2 aromatic carbocycles. The maximum Gasteiger partial charge on any atom is 0.257 e. The molecule has 0 spiro atoms. The first-order valence-electron chi connectivity index (χ1n) is 5.57. The Bertz CT molecular complexity index is 723. The van der Waals surface area contributed by atoms with Crippen LogP contribution in [0.3, 0.4) is 0 Å². The number of nitriles is 1. The normalized spacial score (nSPS) is 9.85. The third-order valence-electron chi connectivity index (χ3n) is 2.58. The SMILES string of the molecule is N#Cc1ccc(NC(=O)c2ccc(N)cc2Cl)c(Cl)c1. The number of carbonyl (C=O) groups excluding carboxylic acids is 1. The van der Waals surface area contributed by atoms with Gasteiger partial charge in [-0.1, -0.05) is 23.2 Å². The molecule has 0 heterocycles. The molecule has 2 rings (SSSR count). The Labute approximate surface area is 125 Å². The maximum absolute atomic E-state index is 12.1. The first kappa shape index (κ1) is 14.2. The van der Waals surface area contributed by atoms with E-state index in [0.717, 1.165) is 0 Å². The van der Waals surface area contributed by atoms with Crippen LogP contribution in [0.4, 0.5) is 11.4 Å². The van der Waals surface area contributed by atoms with E-state index >= 15 is 0 Å². The van der Waals surface area contributed by atoms with Crippen molar-refractivity contribution in [3.8, 4) is 6.07 Å². The third-order valence-corrected chi connectivity index (χ3v) is 3.21. The van der Waals surface area contributed by atoms with E-state index in [1.807, 2.05) is 6.07 Å². The Morgan fingerprint density at radius 1 is 1.15 bits per heavy atom. The van der Waals surface area contributed by atoms with Gasteiger partial charge in [-0.3, -0.25) is 4.79 Å². The number of amides is 1. The van der Waals surface area contributed by atoms with Gasteiger partial charge in [-0.15, -0.1) is 0 Å². The van der Waals surface area contributed by atoms with Crippen molar-refractivity contribution in [2.75, 3.05) is 11.1 Å². The van der Waals surface area contributed by atoms with E-state index in [9.17, 15) is 4.79 Å². The van der Waals surface area contributed by atoms with Gasteiger partial charge in [0.1, 0.15) is 0 Å². The highest BCUT2D eigenvalue weighted by Crippen LogP contribution is 2.25. The summed E-state index contributed by atoms with van der Waals surface area (Å²) in [4.78, 5) is 12.1. The van der Waals surface area contributed by atoms with Crippen LogP contribution in [0.2, 0.25) is 10.0 Å². The number of nitrogen functional groups attached to an aromatic ring is 1. The largest absolute Gasteiger partial charge is 0.399 e. The van der Waals surface area contributed by atoms with E-state index in [1.165, 1.54) is 18.2 Å². The number of benzene rings is 2. The van der Waals surface area contributed by atoms with Crippen LogP contribution in [0.15, 0.2) is 36.4 Å². The van der Waals surface area contributed by atoms with Crippen molar-refractivity contribution in [1.82, 2.24) is 0 Å². The fourth-order valence-corrected chi connectivity index (χ4v) is 2.09. The lowest BCUT2D eigenvalue weighted by atomic mass is 10.1. The van der Waals surface area contributed by atoms with Gasteiger partial charge in [0, 0.05) is 5.69 Å². The number of nitrogens with zero attached hydrogens (tertiary/aromatic N) is 1. The highest BCUT2D eigenvalue weighted by molar-refractivity contribution is 6.36. The van der Waals surface area contributed by atoms with Crippen LogP contribution in [0.5, 0.6) is 0 Å². The van der Waals surface area contributed by atoms with Crippen molar-refractivity contribution in [2.45, 2.75) is 0 Å².